The summed E-state index contributed by atoms with van der Waals surface area (Å²) in [5.41, 5.74) is 2.65. The van der Waals surface area contributed by atoms with E-state index in [1.165, 1.54) is 28.3 Å². The Morgan fingerprint density at radius 3 is 2.50 bits per heavy atom. The zero-order valence-corrected chi connectivity index (χ0v) is 10.8. The van der Waals surface area contributed by atoms with Gasteiger partial charge in [-0.1, -0.05) is 65.0 Å². The topological polar surface area (TPSA) is 0 Å². The minimum absolute atomic E-state index is 1.06. The van der Waals surface area contributed by atoms with Crippen molar-refractivity contribution < 1.29 is 0 Å². The third-order valence-corrected chi connectivity index (χ3v) is 3.41. The molecule has 0 saturated heterocycles. The molecule has 16 heavy (non-hydrogen) atoms. The molecule has 0 bridgehead atoms. The smallest absolute Gasteiger partial charge is 0.00344 e. The summed E-state index contributed by atoms with van der Waals surface area (Å²) < 4.78 is 0. The van der Waals surface area contributed by atoms with Crippen LogP contribution in [0.5, 0.6) is 0 Å². The van der Waals surface area contributed by atoms with Crippen molar-refractivity contribution in [1.29, 1.82) is 0 Å². The van der Waals surface area contributed by atoms with Gasteiger partial charge in [0.2, 0.25) is 0 Å². The van der Waals surface area contributed by atoms with Gasteiger partial charge >= 0.3 is 0 Å². The molecule has 1 heteroatoms. The first-order valence-electron chi connectivity index (χ1n) is 5.56. The monoisotopic (exact) mass is 274 g/mol. The van der Waals surface area contributed by atoms with Gasteiger partial charge in [0.1, 0.15) is 0 Å². The molecule has 0 heterocycles. The van der Waals surface area contributed by atoms with Gasteiger partial charge in [0.05, 0.1) is 0 Å². The van der Waals surface area contributed by atoms with Gasteiger partial charge in [-0.15, -0.1) is 0 Å². The largest absolute Gasteiger partial charge is 0.0984 e. The van der Waals surface area contributed by atoms with Gasteiger partial charge in [-0.25, -0.2) is 0 Å². The molecule has 2 aromatic carbocycles. The number of halogens is 1. The van der Waals surface area contributed by atoms with Crippen LogP contribution in [0.15, 0.2) is 43.0 Å². The lowest BCUT2D eigenvalue weighted by atomic mass is 9.97. The molecule has 0 aliphatic rings. The lowest BCUT2D eigenvalue weighted by Crippen LogP contribution is -1.90. The maximum atomic E-state index is 3.87. The van der Waals surface area contributed by atoms with Crippen LogP contribution in [0.2, 0.25) is 0 Å². The fourth-order valence-electron chi connectivity index (χ4n) is 2.04. The molecular formula is C15H15Br. The fourth-order valence-corrected chi connectivity index (χ4v) is 2.32. The van der Waals surface area contributed by atoms with E-state index in [1.807, 2.05) is 6.08 Å². The van der Waals surface area contributed by atoms with Crippen LogP contribution in [0.1, 0.15) is 17.5 Å². The Morgan fingerprint density at radius 2 is 1.81 bits per heavy atom. The van der Waals surface area contributed by atoms with Crippen LogP contribution in [-0.2, 0) is 6.42 Å². The van der Waals surface area contributed by atoms with Gasteiger partial charge in [-0.05, 0) is 34.7 Å². The molecule has 0 fully saturated rings. The summed E-state index contributed by atoms with van der Waals surface area (Å²) in [7, 11) is 0. The van der Waals surface area contributed by atoms with Crippen molar-refractivity contribution >= 4 is 32.8 Å². The van der Waals surface area contributed by atoms with Crippen molar-refractivity contribution in [3.63, 3.8) is 0 Å². The molecule has 0 unspecified atom stereocenters. The second kappa shape index (κ2) is 5.31. The Bertz CT molecular complexity index is 500. The molecule has 0 radical (unpaired) electrons. The van der Waals surface area contributed by atoms with E-state index in [1.54, 1.807) is 0 Å². The van der Waals surface area contributed by atoms with Crippen molar-refractivity contribution in [1.82, 2.24) is 0 Å². The van der Waals surface area contributed by atoms with E-state index >= 15 is 0 Å². The second-order valence-electron chi connectivity index (χ2n) is 3.86. The highest BCUT2D eigenvalue weighted by Crippen LogP contribution is 2.24. The Kier molecular flexibility index (Phi) is 3.79. The number of hydrogen-bond donors (Lipinski definition) is 0. The highest BCUT2D eigenvalue weighted by Gasteiger charge is 2.03. The minimum Gasteiger partial charge on any atom is -0.0984 e. The molecule has 0 atom stereocenters. The number of hydrogen-bond acceptors (Lipinski definition) is 0. The predicted octanol–water partition coefficient (Wildman–Crippen LogP) is 4.81. The van der Waals surface area contributed by atoms with Gasteiger partial charge in [0, 0.05) is 5.33 Å². The fraction of sp³-hybridized carbons (Fsp3) is 0.200. The summed E-state index contributed by atoms with van der Waals surface area (Å²) >= 11 is 3.48. The van der Waals surface area contributed by atoms with E-state index in [0.29, 0.717) is 0 Å². The maximum Gasteiger partial charge on any atom is 0.00344 e. The number of aryl methyl sites for hydroxylation is 1. The average Bonchev–Trinajstić information content (AvgIpc) is 2.36. The van der Waals surface area contributed by atoms with Gasteiger partial charge in [-0.3, -0.25) is 0 Å². The number of fused-ring (bicyclic) bond motifs is 1. The standard InChI is InChI=1S/C15H15Br/c1-2-12-9-10-13(6-5-11-16)15-8-4-3-7-14(12)15/h2-4,7-10H,1,5-6,11H2. The van der Waals surface area contributed by atoms with Crippen LogP contribution >= 0.6 is 15.9 Å². The van der Waals surface area contributed by atoms with Crippen molar-refractivity contribution in [2.45, 2.75) is 12.8 Å². The third-order valence-electron chi connectivity index (χ3n) is 2.85. The average molecular weight is 275 g/mol. The molecule has 0 nitrogen and oxygen atoms in total. The van der Waals surface area contributed by atoms with E-state index in [4.69, 9.17) is 0 Å². The van der Waals surface area contributed by atoms with Crippen LogP contribution in [0.3, 0.4) is 0 Å². The molecule has 0 aromatic heterocycles. The lowest BCUT2D eigenvalue weighted by Gasteiger charge is -2.08. The summed E-state index contributed by atoms with van der Waals surface area (Å²) in [5, 5.41) is 3.73. The first kappa shape index (κ1) is 11.4. The highest BCUT2D eigenvalue weighted by atomic mass is 79.9. The molecule has 0 spiro atoms. The van der Waals surface area contributed by atoms with Gasteiger partial charge in [0.25, 0.3) is 0 Å². The Balaban J connectivity index is 2.55. The zero-order valence-electron chi connectivity index (χ0n) is 9.25. The third kappa shape index (κ3) is 2.19. The second-order valence-corrected chi connectivity index (χ2v) is 4.65. The first-order valence-corrected chi connectivity index (χ1v) is 6.68. The Morgan fingerprint density at radius 1 is 1.06 bits per heavy atom. The normalized spacial score (nSPS) is 10.6. The van der Waals surface area contributed by atoms with Crippen molar-refractivity contribution in [2.24, 2.45) is 0 Å². The van der Waals surface area contributed by atoms with Crippen molar-refractivity contribution in [3.8, 4) is 0 Å². The molecule has 0 aliphatic carbocycles. The minimum atomic E-state index is 1.06. The zero-order chi connectivity index (χ0) is 11.4. The van der Waals surface area contributed by atoms with E-state index < -0.39 is 0 Å². The van der Waals surface area contributed by atoms with Crippen molar-refractivity contribution in [3.05, 3.63) is 54.1 Å². The van der Waals surface area contributed by atoms with Gasteiger partial charge in [-0.2, -0.15) is 0 Å². The summed E-state index contributed by atoms with van der Waals surface area (Å²) in [6.07, 6.45) is 4.23. The van der Waals surface area contributed by atoms with E-state index in [2.05, 4.69) is 58.9 Å². The van der Waals surface area contributed by atoms with Crippen LogP contribution in [0.4, 0.5) is 0 Å². The Hall–Kier alpha value is -1.08. The van der Waals surface area contributed by atoms with Crippen molar-refractivity contribution in [2.75, 3.05) is 5.33 Å². The van der Waals surface area contributed by atoms with Gasteiger partial charge in [0.15, 0.2) is 0 Å². The summed E-state index contributed by atoms with van der Waals surface area (Å²) in [4.78, 5) is 0. The molecule has 0 saturated carbocycles. The lowest BCUT2D eigenvalue weighted by molar-refractivity contribution is 0.948. The van der Waals surface area contributed by atoms with Gasteiger partial charge < -0.3 is 0 Å². The number of alkyl halides is 1. The molecule has 2 aromatic rings. The SMILES string of the molecule is C=Cc1ccc(CCCBr)c2ccccc12. The number of benzene rings is 2. The molecule has 82 valence electrons. The predicted molar refractivity (Wildman–Crippen MR) is 76.2 cm³/mol. The van der Waals surface area contributed by atoms with E-state index in [9.17, 15) is 0 Å². The quantitative estimate of drug-likeness (QED) is 0.702. The summed E-state index contributed by atoms with van der Waals surface area (Å²) in [6.45, 7) is 3.87. The van der Waals surface area contributed by atoms with E-state index in [-0.39, 0.29) is 0 Å². The number of rotatable bonds is 4. The molecule has 0 aliphatic heterocycles. The van der Waals surface area contributed by atoms with E-state index in [0.717, 1.165) is 11.8 Å². The maximum absolute atomic E-state index is 3.87. The van der Waals surface area contributed by atoms with Crippen LogP contribution in [0.25, 0.3) is 16.8 Å². The Labute approximate surface area is 105 Å². The van der Waals surface area contributed by atoms with Crippen LogP contribution < -0.4 is 0 Å². The summed E-state index contributed by atoms with van der Waals surface area (Å²) in [5.74, 6) is 0. The molecular weight excluding hydrogens is 260 g/mol. The molecule has 0 N–H and O–H groups in total. The summed E-state index contributed by atoms with van der Waals surface area (Å²) in [6, 6.07) is 13.0. The highest BCUT2D eigenvalue weighted by molar-refractivity contribution is 9.09. The first-order chi connectivity index (χ1) is 7.86. The van der Waals surface area contributed by atoms with Crippen LogP contribution in [0, 0.1) is 0 Å². The van der Waals surface area contributed by atoms with Crippen LogP contribution in [-0.4, -0.2) is 5.33 Å². The molecule has 0 amide bonds. The molecule has 2 rings (SSSR count).